The molecule has 0 fully saturated rings. The first-order chi connectivity index (χ1) is 7.29. The van der Waals surface area contributed by atoms with Crippen molar-refractivity contribution >= 4 is 27.5 Å². The predicted molar refractivity (Wildman–Crippen MR) is 65.1 cm³/mol. The van der Waals surface area contributed by atoms with Gasteiger partial charge in [0.15, 0.2) is 0 Å². The quantitative estimate of drug-likeness (QED) is 0.859. The standard InChI is InChI=1S/C11H10BrClN2/c12-10-4-2-1-3-8(10)5-11-14-7-9(6-13)15-11/h1-4,7H,5-6H2,(H,14,15). The largest absolute Gasteiger partial charge is 0.345 e. The number of hydrogen-bond acceptors (Lipinski definition) is 1. The summed E-state index contributed by atoms with van der Waals surface area (Å²) in [6.45, 7) is 0. The highest BCUT2D eigenvalue weighted by Crippen LogP contribution is 2.18. The summed E-state index contributed by atoms with van der Waals surface area (Å²) in [5, 5.41) is 0. The second kappa shape index (κ2) is 4.81. The highest BCUT2D eigenvalue weighted by atomic mass is 79.9. The smallest absolute Gasteiger partial charge is 0.110 e. The second-order valence-corrected chi connectivity index (χ2v) is 4.38. The molecule has 0 saturated carbocycles. The van der Waals surface area contributed by atoms with E-state index in [0.717, 1.165) is 22.4 Å². The van der Waals surface area contributed by atoms with Crippen molar-refractivity contribution in [1.29, 1.82) is 0 Å². The van der Waals surface area contributed by atoms with Crippen LogP contribution in [0, 0.1) is 0 Å². The SMILES string of the molecule is ClCc1cnc(Cc2ccccc2Br)[nH]1. The van der Waals surface area contributed by atoms with Crippen molar-refractivity contribution in [3.05, 3.63) is 52.0 Å². The fourth-order valence-corrected chi connectivity index (χ4v) is 1.95. The topological polar surface area (TPSA) is 28.7 Å². The van der Waals surface area contributed by atoms with E-state index in [4.69, 9.17) is 11.6 Å². The third-order valence-electron chi connectivity index (χ3n) is 2.14. The van der Waals surface area contributed by atoms with E-state index in [0.29, 0.717) is 5.88 Å². The minimum atomic E-state index is 0.475. The molecule has 1 N–H and O–H groups in total. The highest BCUT2D eigenvalue weighted by molar-refractivity contribution is 9.10. The van der Waals surface area contributed by atoms with Crippen LogP contribution in [0.4, 0.5) is 0 Å². The minimum Gasteiger partial charge on any atom is -0.345 e. The van der Waals surface area contributed by atoms with E-state index >= 15 is 0 Å². The molecule has 0 bridgehead atoms. The van der Waals surface area contributed by atoms with E-state index in [2.05, 4.69) is 32.0 Å². The number of imidazole rings is 1. The molecular weight excluding hydrogens is 275 g/mol. The van der Waals surface area contributed by atoms with E-state index in [1.807, 2.05) is 18.2 Å². The van der Waals surface area contributed by atoms with Gasteiger partial charge in [-0.05, 0) is 11.6 Å². The Kier molecular flexibility index (Phi) is 3.44. The average molecular weight is 286 g/mol. The Bertz CT molecular complexity index is 453. The molecule has 0 saturated heterocycles. The molecule has 4 heteroatoms. The first-order valence-corrected chi connectivity index (χ1v) is 5.94. The number of halogens is 2. The van der Waals surface area contributed by atoms with Gasteiger partial charge in [-0.3, -0.25) is 0 Å². The summed E-state index contributed by atoms with van der Waals surface area (Å²) in [6.07, 6.45) is 2.57. The Balaban J connectivity index is 2.18. The summed E-state index contributed by atoms with van der Waals surface area (Å²) in [4.78, 5) is 7.44. The number of H-pyrrole nitrogens is 1. The van der Waals surface area contributed by atoms with Crippen molar-refractivity contribution in [3.8, 4) is 0 Å². The van der Waals surface area contributed by atoms with E-state index in [-0.39, 0.29) is 0 Å². The zero-order chi connectivity index (χ0) is 10.7. The van der Waals surface area contributed by atoms with Crippen molar-refractivity contribution in [3.63, 3.8) is 0 Å². The molecule has 0 radical (unpaired) electrons. The molecule has 0 unspecified atom stereocenters. The average Bonchev–Trinajstić information content (AvgIpc) is 2.69. The molecule has 2 rings (SSSR count). The molecule has 0 amide bonds. The van der Waals surface area contributed by atoms with Crippen LogP contribution in [0.2, 0.25) is 0 Å². The van der Waals surface area contributed by atoms with Gasteiger partial charge in [-0.2, -0.15) is 0 Å². The normalized spacial score (nSPS) is 10.5. The number of benzene rings is 1. The van der Waals surface area contributed by atoms with Gasteiger partial charge in [0.05, 0.1) is 5.88 Å². The van der Waals surface area contributed by atoms with Crippen LogP contribution in [0.15, 0.2) is 34.9 Å². The lowest BCUT2D eigenvalue weighted by Crippen LogP contribution is -1.92. The zero-order valence-corrected chi connectivity index (χ0v) is 10.3. The van der Waals surface area contributed by atoms with E-state index in [1.54, 1.807) is 6.20 Å². The Morgan fingerprint density at radius 3 is 2.80 bits per heavy atom. The third kappa shape index (κ3) is 2.61. The van der Waals surface area contributed by atoms with Crippen LogP contribution in [-0.4, -0.2) is 9.97 Å². The van der Waals surface area contributed by atoms with Crippen molar-refractivity contribution in [2.75, 3.05) is 0 Å². The minimum absolute atomic E-state index is 0.475. The van der Waals surface area contributed by atoms with Gasteiger partial charge in [-0.25, -0.2) is 4.98 Å². The van der Waals surface area contributed by atoms with E-state index in [9.17, 15) is 0 Å². The van der Waals surface area contributed by atoms with Crippen LogP contribution in [0.5, 0.6) is 0 Å². The molecular formula is C11H10BrClN2. The van der Waals surface area contributed by atoms with E-state index in [1.165, 1.54) is 5.56 Å². The zero-order valence-electron chi connectivity index (χ0n) is 8.00. The molecule has 0 aliphatic heterocycles. The Labute approximate surface area is 102 Å². The van der Waals surface area contributed by atoms with Crippen molar-refractivity contribution < 1.29 is 0 Å². The van der Waals surface area contributed by atoms with Gasteiger partial charge in [0.1, 0.15) is 5.82 Å². The summed E-state index contributed by atoms with van der Waals surface area (Å²) in [5.74, 6) is 1.42. The number of nitrogens with zero attached hydrogens (tertiary/aromatic N) is 1. The summed E-state index contributed by atoms with van der Waals surface area (Å²) < 4.78 is 1.11. The van der Waals surface area contributed by atoms with Gasteiger partial charge in [0, 0.05) is 22.8 Å². The van der Waals surface area contributed by atoms with Gasteiger partial charge in [0.25, 0.3) is 0 Å². The molecule has 15 heavy (non-hydrogen) atoms. The molecule has 78 valence electrons. The Morgan fingerprint density at radius 2 is 2.13 bits per heavy atom. The fraction of sp³-hybridized carbons (Fsp3) is 0.182. The van der Waals surface area contributed by atoms with Crippen LogP contribution in [0.25, 0.3) is 0 Å². The number of aromatic nitrogens is 2. The molecule has 0 spiro atoms. The van der Waals surface area contributed by atoms with Gasteiger partial charge in [-0.15, -0.1) is 11.6 Å². The summed E-state index contributed by atoms with van der Waals surface area (Å²) in [7, 11) is 0. The van der Waals surface area contributed by atoms with Gasteiger partial charge in [-0.1, -0.05) is 34.1 Å². The molecule has 0 aliphatic carbocycles. The molecule has 2 nitrogen and oxygen atoms in total. The lowest BCUT2D eigenvalue weighted by molar-refractivity contribution is 1.01. The molecule has 0 aliphatic rings. The Hall–Kier alpha value is -0.800. The van der Waals surface area contributed by atoms with Crippen LogP contribution in [0.1, 0.15) is 17.1 Å². The maximum absolute atomic E-state index is 5.69. The van der Waals surface area contributed by atoms with Crippen molar-refractivity contribution in [2.45, 2.75) is 12.3 Å². The third-order valence-corrected chi connectivity index (χ3v) is 3.20. The van der Waals surface area contributed by atoms with Crippen LogP contribution in [-0.2, 0) is 12.3 Å². The lowest BCUT2D eigenvalue weighted by atomic mass is 10.1. The Morgan fingerprint density at radius 1 is 1.33 bits per heavy atom. The predicted octanol–water partition coefficient (Wildman–Crippen LogP) is 3.50. The first-order valence-electron chi connectivity index (χ1n) is 4.61. The lowest BCUT2D eigenvalue weighted by Gasteiger charge is -2.00. The van der Waals surface area contributed by atoms with Gasteiger partial charge < -0.3 is 4.98 Å². The van der Waals surface area contributed by atoms with E-state index < -0.39 is 0 Å². The van der Waals surface area contributed by atoms with Gasteiger partial charge >= 0.3 is 0 Å². The number of hydrogen-bond donors (Lipinski definition) is 1. The monoisotopic (exact) mass is 284 g/mol. The summed E-state index contributed by atoms with van der Waals surface area (Å²) in [5.41, 5.74) is 2.17. The maximum Gasteiger partial charge on any atom is 0.110 e. The fourth-order valence-electron chi connectivity index (χ4n) is 1.39. The molecule has 1 aromatic heterocycles. The summed E-state index contributed by atoms with van der Waals surface area (Å²) >= 11 is 9.20. The number of aromatic amines is 1. The first kappa shape index (κ1) is 10.7. The van der Waals surface area contributed by atoms with Crippen LogP contribution < -0.4 is 0 Å². The molecule has 0 atom stereocenters. The molecule has 2 aromatic rings. The number of nitrogens with one attached hydrogen (secondary N) is 1. The van der Waals surface area contributed by atoms with Crippen molar-refractivity contribution in [2.24, 2.45) is 0 Å². The maximum atomic E-state index is 5.69. The van der Waals surface area contributed by atoms with Crippen LogP contribution in [0.3, 0.4) is 0 Å². The molecule has 1 aromatic carbocycles. The second-order valence-electron chi connectivity index (χ2n) is 3.26. The number of rotatable bonds is 3. The van der Waals surface area contributed by atoms with Gasteiger partial charge in [0.2, 0.25) is 0 Å². The molecule has 1 heterocycles. The van der Waals surface area contributed by atoms with Crippen molar-refractivity contribution in [1.82, 2.24) is 9.97 Å². The van der Waals surface area contributed by atoms with Crippen LogP contribution >= 0.6 is 27.5 Å². The number of alkyl halides is 1. The highest BCUT2D eigenvalue weighted by Gasteiger charge is 2.03. The summed E-state index contributed by atoms with van der Waals surface area (Å²) in [6, 6.07) is 8.12.